The summed E-state index contributed by atoms with van der Waals surface area (Å²) in [6, 6.07) is 11.4. The van der Waals surface area contributed by atoms with Crippen molar-refractivity contribution in [1.29, 1.82) is 0 Å². The lowest BCUT2D eigenvalue weighted by Crippen LogP contribution is -2.20. The fraction of sp³-hybridized carbons (Fsp3) is 0.0714. The van der Waals surface area contributed by atoms with Crippen molar-refractivity contribution in [2.24, 2.45) is 0 Å². The number of rotatable bonds is 4. The summed E-state index contributed by atoms with van der Waals surface area (Å²) in [6.45, 7) is 0. The standard InChI is InChI=1S/C14H10ClN3O2S/c15-9-6-7-10-13(18-21-17-10)12(9)16-11(14(19)20)8-4-2-1-3-5-8/h1-7,11,16H,(H,19,20). The van der Waals surface area contributed by atoms with Gasteiger partial charge in [0.2, 0.25) is 0 Å². The zero-order chi connectivity index (χ0) is 14.8. The molecule has 0 aliphatic carbocycles. The Labute approximate surface area is 129 Å². The Kier molecular flexibility index (Phi) is 3.72. The van der Waals surface area contributed by atoms with Gasteiger partial charge in [-0.15, -0.1) is 0 Å². The molecule has 21 heavy (non-hydrogen) atoms. The Morgan fingerprint density at radius 1 is 1.19 bits per heavy atom. The molecule has 1 heterocycles. The van der Waals surface area contributed by atoms with E-state index in [2.05, 4.69) is 14.1 Å². The highest BCUT2D eigenvalue weighted by Crippen LogP contribution is 2.32. The van der Waals surface area contributed by atoms with E-state index in [-0.39, 0.29) is 0 Å². The van der Waals surface area contributed by atoms with Crippen LogP contribution in [0.3, 0.4) is 0 Å². The van der Waals surface area contributed by atoms with Gasteiger partial charge in [0.05, 0.1) is 22.4 Å². The van der Waals surface area contributed by atoms with Crippen LogP contribution in [0.1, 0.15) is 11.6 Å². The van der Waals surface area contributed by atoms with E-state index in [9.17, 15) is 9.90 Å². The molecule has 5 nitrogen and oxygen atoms in total. The maximum Gasteiger partial charge on any atom is 0.330 e. The van der Waals surface area contributed by atoms with Crippen molar-refractivity contribution in [2.45, 2.75) is 6.04 Å². The normalized spacial score (nSPS) is 12.2. The molecule has 0 aliphatic rings. The van der Waals surface area contributed by atoms with E-state index in [1.165, 1.54) is 0 Å². The molecule has 0 fully saturated rings. The minimum atomic E-state index is -0.988. The molecule has 3 rings (SSSR count). The van der Waals surface area contributed by atoms with Gasteiger partial charge in [-0.05, 0) is 17.7 Å². The largest absolute Gasteiger partial charge is 0.479 e. The monoisotopic (exact) mass is 319 g/mol. The Morgan fingerprint density at radius 3 is 2.67 bits per heavy atom. The molecule has 3 aromatic rings. The Bertz CT molecular complexity index is 791. The number of carboxylic acids is 1. The van der Waals surface area contributed by atoms with Crippen LogP contribution in [0.2, 0.25) is 5.02 Å². The van der Waals surface area contributed by atoms with Crippen LogP contribution < -0.4 is 5.32 Å². The molecule has 0 saturated carbocycles. The number of nitrogens with zero attached hydrogens (tertiary/aromatic N) is 2. The third-order valence-corrected chi connectivity index (χ3v) is 3.90. The first kappa shape index (κ1) is 13.8. The molecule has 106 valence electrons. The molecule has 1 atom stereocenters. The van der Waals surface area contributed by atoms with Gasteiger partial charge >= 0.3 is 5.97 Å². The molecular weight excluding hydrogens is 310 g/mol. The highest BCUT2D eigenvalue weighted by atomic mass is 35.5. The van der Waals surface area contributed by atoms with Crippen molar-refractivity contribution in [3.8, 4) is 0 Å². The van der Waals surface area contributed by atoms with Crippen molar-refractivity contribution in [3.63, 3.8) is 0 Å². The van der Waals surface area contributed by atoms with Crippen LogP contribution in [0, 0.1) is 0 Å². The van der Waals surface area contributed by atoms with Gasteiger partial charge in [0, 0.05) is 0 Å². The Morgan fingerprint density at radius 2 is 1.95 bits per heavy atom. The van der Waals surface area contributed by atoms with Crippen LogP contribution >= 0.6 is 23.3 Å². The number of carbonyl (C=O) groups is 1. The predicted molar refractivity (Wildman–Crippen MR) is 82.9 cm³/mol. The molecule has 0 bridgehead atoms. The number of nitrogens with one attached hydrogen (secondary N) is 1. The van der Waals surface area contributed by atoms with E-state index in [0.29, 0.717) is 27.3 Å². The number of benzene rings is 2. The van der Waals surface area contributed by atoms with Crippen molar-refractivity contribution in [3.05, 3.63) is 53.1 Å². The molecule has 2 N–H and O–H groups in total. The van der Waals surface area contributed by atoms with Gasteiger partial charge < -0.3 is 10.4 Å². The summed E-state index contributed by atoms with van der Waals surface area (Å²) < 4.78 is 8.31. The van der Waals surface area contributed by atoms with E-state index in [1.54, 1.807) is 36.4 Å². The number of aliphatic carboxylic acids is 1. The Balaban J connectivity index is 2.05. The number of hydrogen-bond donors (Lipinski definition) is 2. The molecule has 7 heteroatoms. The van der Waals surface area contributed by atoms with Gasteiger partial charge in [-0.25, -0.2) is 4.79 Å². The first-order chi connectivity index (χ1) is 10.2. The van der Waals surface area contributed by atoms with Crippen LogP contribution in [0.25, 0.3) is 11.0 Å². The van der Waals surface area contributed by atoms with Crippen LogP contribution in [0.4, 0.5) is 5.69 Å². The summed E-state index contributed by atoms with van der Waals surface area (Å²) >= 11 is 7.24. The summed E-state index contributed by atoms with van der Waals surface area (Å²) in [7, 11) is 0. The van der Waals surface area contributed by atoms with Crippen LogP contribution in [0.5, 0.6) is 0 Å². The SMILES string of the molecule is O=C(O)C(Nc1c(Cl)ccc2nsnc12)c1ccccc1. The zero-order valence-electron chi connectivity index (χ0n) is 10.7. The molecule has 0 spiro atoms. The topological polar surface area (TPSA) is 75.1 Å². The van der Waals surface area contributed by atoms with Gasteiger partial charge in [-0.1, -0.05) is 41.9 Å². The highest BCUT2D eigenvalue weighted by molar-refractivity contribution is 7.00. The van der Waals surface area contributed by atoms with Crippen molar-refractivity contribution < 1.29 is 9.90 Å². The van der Waals surface area contributed by atoms with E-state index >= 15 is 0 Å². The van der Waals surface area contributed by atoms with Crippen LogP contribution in [0.15, 0.2) is 42.5 Å². The summed E-state index contributed by atoms with van der Waals surface area (Å²) in [5, 5.41) is 12.8. The lowest BCUT2D eigenvalue weighted by Gasteiger charge is -2.17. The average molecular weight is 320 g/mol. The lowest BCUT2D eigenvalue weighted by molar-refractivity contribution is -0.138. The third-order valence-electron chi connectivity index (χ3n) is 3.05. The van der Waals surface area contributed by atoms with Gasteiger partial charge in [0.15, 0.2) is 6.04 Å². The second-order valence-electron chi connectivity index (χ2n) is 4.38. The molecule has 0 amide bonds. The quantitative estimate of drug-likeness (QED) is 0.768. The fourth-order valence-corrected chi connectivity index (χ4v) is 2.79. The summed E-state index contributed by atoms with van der Waals surface area (Å²) in [4.78, 5) is 11.6. The van der Waals surface area contributed by atoms with E-state index < -0.39 is 12.0 Å². The Hall–Kier alpha value is -2.18. The third kappa shape index (κ3) is 2.68. The second kappa shape index (κ2) is 5.67. The van der Waals surface area contributed by atoms with Crippen LogP contribution in [-0.2, 0) is 4.79 Å². The van der Waals surface area contributed by atoms with E-state index in [4.69, 9.17) is 11.6 Å². The van der Waals surface area contributed by atoms with Crippen molar-refractivity contribution in [1.82, 2.24) is 8.75 Å². The number of halogens is 1. The molecule has 1 unspecified atom stereocenters. The summed E-state index contributed by atoms with van der Waals surface area (Å²) in [6.07, 6.45) is 0. The maximum absolute atomic E-state index is 11.6. The minimum Gasteiger partial charge on any atom is -0.479 e. The number of fused-ring (bicyclic) bond motifs is 1. The first-order valence-corrected chi connectivity index (χ1v) is 7.22. The molecule has 0 aliphatic heterocycles. The number of aromatic nitrogens is 2. The molecule has 2 aromatic carbocycles. The average Bonchev–Trinajstić information content (AvgIpc) is 2.95. The van der Waals surface area contributed by atoms with Gasteiger partial charge in [0.1, 0.15) is 11.0 Å². The second-order valence-corrected chi connectivity index (χ2v) is 5.32. The lowest BCUT2D eigenvalue weighted by atomic mass is 10.1. The first-order valence-electron chi connectivity index (χ1n) is 6.12. The van der Waals surface area contributed by atoms with Gasteiger partial charge in [-0.3, -0.25) is 0 Å². The molecule has 0 radical (unpaired) electrons. The van der Waals surface area contributed by atoms with Gasteiger partial charge in [-0.2, -0.15) is 8.75 Å². The highest BCUT2D eigenvalue weighted by Gasteiger charge is 2.22. The number of hydrogen-bond acceptors (Lipinski definition) is 5. The molecular formula is C14H10ClN3O2S. The number of carboxylic acid groups (broad SMARTS) is 1. The van der Waals surface area contributed by atoms with Crippen molar-refractivity contribution in [2.75, 3.05) is 5.32 Å². The zero-order valence-corrected chi connectivity index (χ0v) is 12.2. The molecule has 1 aromatic heterocycles. The number of anilines is 1. The van der Waals surface area contributed by atoms with E-state index in [1.807, 2.05) is 6.07 Å². The van der Waals surface area contributed by atoms with Crippen LogP contribution in [-0.4, -0.2) is 19.8 Å². The molecule has 0 saturated heterocycles. The summed E-state index contributed by atoms with van der Waals surface area (Å²) in [5.41, 5.74) is 2.39. The predicted octanol–water partition coefficient (Wildman–Crippen LogP) is 3.58. The smallest absolute Gasteiger partial charge is 0.330 e. The minimum absolute atomic E-state index is 0.414. The fourth-order valence-electron chi connectivity index (χ4n) is 2.04. The summed E-state index contributed by atoms with van der Waals surface area (Å²) in [5.74, 6) is -0.988. The van der Waals surface area contributed by atoms with E-state index in [0.717, 1.165) is 11.7 Å². The maximum atomic E-state index is 11.6. The van der Waals surface area contributed by atoms with Crippen molar-refractivity contribution >= 4 is 46.0 Å². The van der Waals surface area contributed by atoms with Gasteiger partial charge in [0.25, 0.3) is 0 Å².